The van der Waals surface area contributed by atoms with Gasteiger partial charge in [0.1, 0.15) is 5.75 Å². The molecule has 1 heterocycles. The first-order chi connectivity index (χ1) is 17.2. The van der Waals surface area contributed by atoms with Crippen molar-refractivity contribution in [3.63, 3.8) is 0 Å². The molecule has 0 aliphatic carbocycles. The quantitative estimate of drug-likeness (QED) is 0.199. The lowest BCUT2D eigenvalue weighted by Gasteiger charge is -2.19. The van der Waals surface area contributed by atoms with Gasteiger partial charge in [0.25, 0.3) is 5.91 Å². The molecule has 0 atom stereocenters. The van der Waals surface area contributed by atoms with E-state index in [-0.39, 0.29) is 22.8 Å². The Kier molecular flexibility index (Phi) is 7.55. The maximum absolute atomic E-state index is 12.4. The van der Waals surface area contributed by atoms with Crippen LogP contribution in [0.15, 0.2) is 83.1 Å². The Balaban J connectivity index is 1.55. The van der Waals surface area contributed by atoms with Crippen molar-refractivity contribution in [2.75, 3.05) is 5.75 Å². The number of phenols is 1. The number of rotatable bonds is 7. The van der Waals surface area contributed by atoms with Gasteiger partial charge in [-0.05, 0) is 42.2 Å². The summed E-state index contributed by atoms with van der Waals surface area (Å²) in [6.07, 6.45) is 1.41. The summed E-state index contributed by atoms with van der Waals surface area (Å²) in [4.78, 5) is 12.4. The standard InChI is InChI=1S/C28H29N5O2S/c1-19-9-15-23(16-10-19)33-26(20-11-13-22(14-12-20)28(2,3)4)31-32-27(33)36-18-25(35)30-29-17-21-7-5-6-8-24(21)34/h5-17,34H,18H2,1-4H3,(H,30,35). The van der Waals surface area contributed by atoms with E-state index in [2.05, 4.69) is 65.8 Å². The van der Waals surface area contributed by atoms with Crippen molar-refractivity contribution < 1.29 is 9.90 Å². The molecule has 0 bridgehead atoms. The lowest BCUT2D eigenvalue weighted by molar-refractivity contribution is -0.118. The minimum Gasteiger partial charge on any atom is -0.507 e. The number of nitrogens with zero attached hydrogens (tertiary/aromatic N) is 4. The summed E-state index contributed by atoms with van der Waals surface area (Å²) in [6, 6.07) is 23.2. The average Bonchev–Trinajstić information content (AvgIpc) is 3.28. The van der Waals surface area contributed by atoms with E-state index in [1.54, 1.807) is 24.3 Å². The van der Waals surface area contributed by atoms with Crippen LogP contribution in [0.25, 0.3) is 17.1 Å². The van der Waals surface area contributed by atoms with Gasteiger partial charge in [0.2, 0.25) is 0 Å². The van der Waals surface area contributed by atoms with Gasteiger partial charge in [0.05, 0.1) is 12.0 Å². The van der Waals surface area contributed by atoms with Crippen LogP contribution in [0, 0.1) is 6.92 Å². The number of benzene rings is 3. The van der Waals surface area contributed by atoms with E-state index in [0.717, 1.165) is 16.8 Å². The molecule has 0 saturated carbocycles. The molecule has 0 spiro atoms. The highest BCUT2D eigenvalue weighted by molar-refractivity contribution is 7.99. The van der Waals surface area contributed by atoms with Crippen molar-refractivity contribution in [3.05, 3.63) is 89.5 Å². The number of aromatic hydroxyl groups is 1. The molecule has 0 saturated heterocycles. The number of para-hydroxylation sites is 1. The van der Waals surface area contributed by atoms with Crippen molar-refractivity contribution in [2.45, 2.75) is 38.3 Å². The predicted molar refractivity (Wildman–Crippen MR) is 145 cm³/mol. The number of thioether (sulfide) groups is 1. The maximum atomic E-state index is 12.4. The van der Waals surface area contributed by atoms with Crippen molar-refractivity contribution >= 4 is 23.9 Å². The molecule has 7 nitrogen and oxygen atoms in total. The van der Waals surface area contributed by atoms with Gasteiger partial charge in [-0.3, -0.25) is 9.36 Å². The van der Waals surface area contributed by atoms with E-state index in [4.69, 9.17) is 0 Å². The molecule has 0 radical (unpaired) electrons. The van der Waals surface area contributed by atoms with Gasteiger partial charge in [-0.25, -0.2) is 5.43 Å². The molecule has 8 heteroatoms. The third-order valence-electron chi connectivity index (χ3n) is 5.60. The topological polar surface area (TPSA) is 92.4 Å². The molecule has 3 aromatic carbocycles. The monoisotopic (exact) mass is 499 g/mol. The van der Waals surface area contributed by atoms with E-state index in [9.17, 15) is 9.90 Å². The lowest BCUT2D eigenvalue weighted by atomic mass is 9.87. The number of nitrogens with one attached hydrogen (secondary N) is 1. The summed E-state index contributed by atoms with van der Waals surface area (Å²) in [6.45, 7) is 8.59. The second kappa shape index (κ2) is 10.8. The van der Waals surface area contributed by atoms with E-state index in [1.165, 1.54) is 23.5 Å². The molecule has 0 unspecified atom stereocenters. The highest BCUT2D eigenvalue weighted by Gasteiger charge is 2.19. The van der Waals surface area contributed by atoms with Crippen molar-refractivity contribution in [3.8, 4) is 22.8 Å². The number of hydrogen-bond donors (Lipinski definition) is 2. The molecule has 0 aliphatic rings. The Bertz CT molecular complexity index is 1370. The average molecular weight is 500 g/mol. The van der Waals surface area contributed by atoms with E-state index < -0.39 is 0 Å². The number of hydrogen-bond acceptors (Lipinski definition) is 6. The highest BCUT2D eigenvalue weighted by atomic mass is 32.2. The number of aromatic nitrogens is 3. The molecule has 4 aromatic rings. The van der Waals surface area contributed by atoms with Crippen LogP contribution in [-0.4, -0.2) is 37.7 Å². The second-order valence-corrected chi connectivity index (χ2v) is 10.4. The zero-order chi connectivity index (χ0) is 25.7. The first-order valence-electron chi connectivity index (χ1n) is 11.6. The van der Waals surface area contributed by atoms with Crippen molar-refractivity contribution in [1.29, 1.82) is 0 Å². The smallest absolute Gasteiger partial charge is 0.250 e. The molecule has 184 valence electrons. The van der Waals surface area contributed by atoms with Crippen LogP contribution in [0.4, 0.5) is 0 Å². The Morgan fingerprint density at radius 1 is 1.03 bits per heavy atom. The van der Waals surface area contributed by atoms with Crippen LogP contribution >= 0.6 is 11.8 Å². The zero-order valence-corrected chi connectivity index (χ0v) is 21.6. The Morgan fingerprint density at radius 3 is 2.39 bits per heavy atom. The van der Waals surface area contributed by atoms with E-state index >= 15 is 0 Å². The lowest BCUT2D eigenvalue weighted by Crippen LogP contribution is -2.20. The molecular formula is C28H29N5O2S. The van der Waals surface area contributed by atoms with Crippen LogP contribution in [0.1, 0.15) is 37.5 Å². The summed E-state index contributed by atoms with van der Waals surface area (Å²) < 4.78 is 1.97. The second-order valence-electron chi connectivity index (χ2n) is 9.45. The molecule has 0 aliphatic heterocycles. The van der Waals surface area contributed by atoms with Crippen LogP contribution in [0.2, 0.25) is 0 Å². The van der Waals surface area contributed by atoms with E-state index in [0.29, 0.717) is 16.5 Å². The van der Waals surface area contributed by atoms with Crippen LogP contribution in [0.5, 0.6) is 5.75 Å². The SMILES string of the molecule is Cc1ccc(-n2c(SCC(=O)NN=Cc3ccccc3O)nnc2-c2ccc(C(C)(C)C)cc2)cc1. The molecule has 1 aromatic heterocycles. The van der Waals surface area contributed by atoms with Gasteiger partial charge < -0.3 is 5.11 Å². The predicted octanol–water partition coefficient (Wildman–Crippen LogP) is 5.49. The van der Waals surface area contributed by atoms with Gasteiger partial charge in [-0.1, -0.05) is 86.6 Å². The number of hydrazone groups is 1. The number of aryl methyl sites for hydroxylation is 1. The molecular weight excluding hydrogens is 470 g/mol. The Morgan fingerprint density at radius 2 is 1.72 bits per heavy atom. The third kappa shape index (κ3) is 6.01. The molecule has 0 fully saturated rings. The van der Waals surface area contributed by atoms with Gasteiger partial charge >= 0.3 is 0 Å². The van der Waals surface area contributed by atoms with Crippen molar-refractivity contribution in [1.82, 2.24) is 20.2 Å². The normalized spacial score (nSPS) is 11.7. The molecule has 4 rings (SSSR count). The number of phenolic OH excluding ortho intramolecular Hbond substituents is 1. The highest BCUT2D eigenvalue weighted by Crippen LogP contribution is 2.30. The Hall–Kier alpha value is -3.91. The minimum absolute atomic E-state index is 0.0548. The Labute approximate surface area is 215 Å². The molecule has 36 heavy (non-hydrogen) atoms. The number of amides is 1. The first kappa shape index (κ1) is 25.2. The van der Waals surface area contributed by atoms with Gasteiger partial charge in [0.15, 0.2) is 11.0 Å². The van der Waals surface area contributed by atoms with Gasteiger partial charge in [-0.2, -0.15) is 5.10 Å². The zero-order valence-electron chi connectivity index (χ0n) is 20.8. The van der Waals surface area contributed by atoms with Gasteiger partial charge in [-0.15, -0.1) is 10.2 Å². The van der Waals surface area contributed by atoms with Gasteiger partial charge in [0, 0.05) is 16.8 Å². The van der Waals surface area contributed by atoms with Crippen LogP contribution in [-0.2, 0) is 10.2 Å². The van der Waals surface area contributed by atoms with Crippen LogP contribution < -0.4 is 5.43 Å². The summed E-state index contributed by atoms with van der Waals surface area (Å²) in [5.74, 6) is 0.616. The summed E-state index contributed by atoms with van der Waals surface area (Å²) >= 11 is 1.28. The minimum atomic E-state index is -0.291. The summed E-state index contributed by atoms with van der Waals surface area (Å²) in [5, 5.41) is 23.2. The molecule has 1 amide bonds. The third-order valence-corrected chi connectivity index (χ3v) is 6.53. The summed E-state index contributed by atoms with van der Waals surface area (Å²) in [7, 11) is 0. The molecule has 2 N–H and O–H groups in total. The number of carbonyl (C=O) groups excluding carboxylic acids is 1. The van der Waals surface area contributed by atoms with Crippen LogP contribution in [0.3, 0.4) is 0 Å². The fraction of sp³-hybridized carbons (Fsp3) is 0.214. The summed E-state index contributed by atoms with van der Waals surface area (Å²) in [5.41, 5.74) is 7.32. The maximum Gasteiger partial charge on any atom is 0.250 e. The number of carbonyl (C=O) groups is 1. The van der Waals surface area contributed by atoms with Crippen molar-refractivity contribution in [2.24, 2.45) is 5.10 Å². The van der Waals surface area contributed by atoms with E-state index in [1.807, 2.05) is 35.8 Å². The fourth-order valence-corrected chi connectivity index (χ4v) is 4.27. The first-order valence-corrected chi connectivity index (χ1v) is 12.6. The fourth-order valence-electron chi connectivity index (χ4n) is 3.53. The largest absolute Gasteiger partial charge is 0.507 e.